The van der Waals surface area contributed by atoms with Crippen LogP contribution in [0, 0.1) is 0 Å². The molecule has 0 aliphatic rings. The number of carbonyl (C=O) groups excluding carboxylic acids is 1. The second kappa shape index (κ2) is 7.01. The third-order valence-electron chi connectivity index (χ3n) is 4.10. The molecular formula is C21H19NO2. The Balaban J connectivity index is 1.85. The van der Waals surface area contributed by atoms with Crippen LogP contribution in [-0.2, 0) is 4.79 Å². The molecule has 0 aromatic heterocycles. The Labute approximate surface area is 141 Å². The van der Waals surface area contributed by atoms with Gasteiger partial charge in [-0.15, -0.1) is 0 Å². The minimum absolute atomic E-state index is 0.0588. The van der Waals surface area contributed by atoms with Crippen LogP contribution in [0.5, 0.6) is 0 Å². The van der Waals surface area contributed by atoms with Gasteiger partial charge in [-0.3, -0.25) is 4.79 Å². The average molecular weight is 317 g/mol. The minimum atomic E-state index is -0.270. The molecule has 3 aromatic carbocycles. The Morgan fingerprint density at radius 3 is 2.62 bits per heavy atom. The molecule has 120 valence electrons. The summed E-state index contributed by atoms with van der Waals surface area (Å²) < 4.78 is 0. The Morgan fingerprint density at radius 2 is 1.79 bits per heavy atom. The van der Waals surface area contributed by atoms with Crippen molar-refractivity contribution in [1.82, 2.24) is 0 Å². The first-order valence-corrected chi connectivity index (χ1v) is 7.88. The molecular weight excluding hydrogens is 298 g/mol. The molecule has 0 bridgehead atoms. The summed E-state index contributed by atoms with van der Waals surface area (Å²) >= 11 is 0. The highest BCUT2D eigenvalue weighted by atomic mass is 16.2. The summed E-state index contributed by atoms with van der Waals surface area (Å²) in [5.74, 6) is -0.329. The van der Waals surface area contributed by atoms with E-state index in [2.05, 4.69) is 5.32 Å². The quantitative estimate of drug-likeness (QED) is 0.657. The number of hydrogen-bond donors (Lipinski definition) is 2. The van der Waals surface area contributed by atoms with Gasteiger partial charge in [0.2, 0.25) is 5.91 Å². The van der Waals surface area contributed by atoms with Crippen molar-refractivity contribution in [2.75, 3.05) is 5.32 Å². The smallest absolute Gasteiger partial charge is 0.231 e. The largest absolute Gasteiger partial charge is 0.516 e. The van der Waals surface area contributed by atoms with Crippen LogP contribution < -0.4 is 5.32 Å². The van der Waals surface area contributed by atoms with Crippen LogP contribution in [0.4, 0.5) is 5.69 Å². The highest BCUT2D eigenvalue weighted by molar-refractivity contribution is 5.99. The minimum Gasteiger partial charge on any atom is -0.516 e. The van der Waals surface area contributed by atoms with E-state index in [4.69, 9.17) is 5.11 Å². The van der Waals surface area contributed by atoms with E-state index in [1.807, 2.05) is 73.7 Å². The van der Waals surface area contributed by atoms with E-state index in [0.717, 1.165) is 28.2 Å². The number of carbonyl (C=O) groups is 1. The van der Waals surface area contributed by atoms with Crippen LogP contribution in [0.15, 0.2) is 73.0 Å². The number of aliphatic hydroxyl groups excluding tert-OH is 1. The van der Waals surface area contributed by atoms with Crippen LogP contribution in [-0.4, -0.2) is 11.0 Å². The molecule has 1 unspecified atom stereocenters. The first-order valence-electron chi connectivity index (χ1n) is 7.88. The zero-order valence-corrected chi connectivity index (χ0v) is 13.4. The van der Waals surface area contributed by atoms with Crippen molar-refractivity contribution in [2.24, 2.45) is 0 Å². The maximum absolute atomic E-state index is 12.6. The van der Waals surface area contributed by atoms with Gasteiger partial charge in [0.25, 0.3) is 0 Å². The molecule has 0 saturated carbocycles. The van der Waals surface area contributed by atoms with Gasteiger partial charge < -0.3 is 10.4 Å². The zero-order valence-electron chi connectivity index (χ0n) is 13.4. The monoisotopic (exact) mass is 317 g/mol. The molecule has 0 saturated heterocycles. The fourth-order valence-corrected chi connectivity index (χ4v) is 2.83. The SMILES string of the molecule is CC(C(=O)Nc1cccc(/C=C\O)c1)c1cccc2ccccc12. The van der Waals surface area contributed by atoms with Crippen LogP contribution in [0.1, 0.15) is 24.0 Å². The number of nitrogens with one attached hydrogen (secondary N) is 1. The van der Waals surface area contributed by atoms with Crippen LogP contribution in [0.25, 0.3) is 16.8 Å². The molecule has 3 nitrogen and oxygen atoms in total. The Kier molecular flexibility index (Phi) is 4.62. The standard InChI is InChI=1S/C21H19NO2/c1-15(19-11-5-8-17-7-2-3-10-20(17)19)21(24)22-18-9-4-6-16(14-18)12-13-23/h2-15,23H,1H3,(H,22,24)/b13-12-. The molecule has 0 aliphatic carbocycles. The summed E-state index contributed by atoms with van der Waals surface area (Å²) in [5.41, 5.74) is 2.55. The second-order valence-electron chi connectivity index (χ2n) is 5.72. The number of fused-ring (bicyclic) bond motifs is 1. The summed E-state index contributed by atoms with van der Waals surface area (Å²) in [5, 5.41) is 14.0. The molecule has 1 amide bonds. The average Bonchev–Trinajstić information content (AvgIpc) is 2.61. The maximum atomic E-state index is 12.6. The van der Waals surface area contributed by atoms with Crippen molar-refractivity contribution < 1.29 is 9.90 Å². The fourth-order valence-electron chi connectivity index (χ4n) is 2.83. The Hall–Kier alpha value is -3.07. The van der Waals surface area contributed by atoms with Crippen molar-refractivity contribution in [2.45, 2.75) is 12.8 Å². The Bertz CT molecular complexity index is 894. The molecule has 0 aliphatic heterocycles. The lowest BCUT2D eigenvalue weighted by atomic mass is 9.94. The van der Waals surface area contributed by atoms with Gasteiger partial charge >= 0.3 is 0 Å². The highest BCUT2D eigenvalue weighted by Gasteiger charge is 2.17. The molecule has 0 spiro atoms. The number of aliphatic hydroxyl groups is 1. The molecule has 1 atom stereocenters. The third-order valence-corrected chi connectivity index (χ3v) is 4.10. The topological polar surface area (TPSA) is 49.3 Å². The van der Waals surface area contributed by atoms with E-state index in [-0.39, 0.29) is 11.8 Å². The lowest BCUT2D eigenvalue weighted by Crippen LogP contribution is -2.19. The van der Waals surface area contributed by atoms with Gasteiger partial charge in [-0.1, -0.05) is 54.6 Å². The summed E-state index contributed by atoms with van der Waals surface area (Å²) in [6.07, 6.45) is 2.56. The number of amides is 1. The van der Waals surface area contributed by atoms with Crippen molar-refractivity contribution >= 4 is 28.4 Å². The van der Waals surface area contributed by atoms with E-state index in [1.54, 1.807) is 6.08 Å². The van der Waals surface area contributed by atoms with E-state index < -0.39 is 0 Å². The molecule has 0 fully saturated rings. The van der Waals surface area contributed by atoms with E-state index in [9.17, 15) is 4.79 Å². The van der Waals surface area contributed by atoms with Crippen molar-refractivity contribution in [3.63, 3.8) is 0 Å². The Morgan fingerprint density at radius 1 is 1.04 bits per heavy atom. The maximum Gasteiger partial charge on any atom is 0.231 e. The van der Waals surface area contributed by atoms with Gasteiger partial charge in [0.1, 0.15) is 0 Å². The van der Waals surface area contributed by atoms with Crippen molar-refractivity contribution in [1.29, 1.82) is 0 Å². The van der Waals surface area contributed by atoms with Gasteiger partial charge in [-0.05, 0) is 47.0 Å². The van der Waals surface area contributed by atoms with Crippen LogP contribution in [0.2, 0.25) is 0 Å². The normalized spacial score (nSPS) is 12.4. The van der Waals surface area contributed by atoms with Crippen molar-refractivity contribution in [3.8, 4) is 0 Å². The molecule has 3 heteroatoms. The predicted molar refractivity (Wildman–Crippen MR) is 99.1 cm³/mol. The third kappa shape index (κ3) is 3.30. The van der Waals surface area contributed by atoms with Gasteiger partial charge in [-0.2, -0.15) is 0 Å². The molecule has 24 heavy (non-hydrogen) atoms. The summed E-state index contributed by atoms with van der Waals surface area (Å²) in [4.78, 5) is 12.6. The molecule has 3 aromatic rings. The fraction of sp³-hybridized carbons (Fsp3) is 0.0952. The zero-order chi connectivity index (χ0) is 16.9. The number of rotatable bonds is 4. The lowest BCUT2D eigenvalue weighted by molar-refractivity contribution is -0.117. The molecule has 3 rings (SSSR count). The highest BCUT2D eigenvalue weighted by Crippen LogP contribution is 2.26. The van der Waals surface area contributed by atoms with Gasteiger partial charge in [-0.25, -0.2) is 0 Å². The van der Waals surface area contributed by atoms with Gasteiger partial charge in [0, 0.05) is 5.69 Å². The molecule has 0 radical (unpaired) electrons. The molecule has 2 N–H and O–H groups in total. The van der Waals surface area contributed by atoms with Gasteiger partial charge in [0.15, 0.2) is 0 Å². The lowest BCUT2D eigenvalue weighted by Gasteiger charge is -2.15. The van der Waals surface area contributed by atoms with E-state index in [0.29, 0.717) is 5.69 Å². The first kappa shape index (κ1) is 15.8. The van der Waals surface area contributed by atoms with Crippen LogP contribution in [0.3, 0.4) is 0 Å². The number of benzene rings is 3. The van der Waals surface area contributed by atoms with E-state index >= 15 is 0 Å². The summed E-state index contributed by atoms with van der Waals surface area (Å²) in [6.45, 7) is 1.91. The molecule has 0 heterocycles. The predicted octanol–water partition coefficient (Wildman–Crippen LogP) is 5.11. The van der Waals surface area contributed by atoms with E-state index in [1.165, 1.54) is 0 Å². The number of anilines is 1. The van der Waals surface area contributed by atoms with Crippen molar-refractivity contribution in [3.05, 3.63) is 84.1 Å². The summed E-state index contributed by atoms with van der Waals surface area (Å²) in [7, 11) is 0. The van der Waals surface area contributed by atoms with Crippen LogP contribution >= 0.6 is 0 Å². The second-order valence-corrected chi connectivity index (χ2v) is 5.72. The van der Waals surface area contributed by atoms with Gasteiger partial charge in [0.05, 0.1) is 12.2 Å². The summed E-state index contributed by atoms with van der Waals surface area (Å²) in [6, 6.07) is 21.5. The number of hydrogen-bond acceptors (Lipinski definition) is 2. The first-order chi connectivity index (χ1) is 11.7.